The third kappa shape index (κ3) is 1.39. The van der Waals surface area contributed by atoms with E-state index in [4.69, 9.17) is 4.74 Å². The first-order valence-corrected chi connectivity index (χ1v) is 6.29. The quantitative estimate of drug-likeness (QED) is 0.640. The molecule has 0 bridgehead atoms. The lowest BCUT2D eigenvalue weighted by molar-refractivity contribution is -0.130. The Kier molecular flexibility index (Phi) is 2.44. The van der Waals surface area contributed by atoms with Crippen LogP contribution in [0.1, 0.15) is 19.8 Å². The number of hydrogen-bond acceptors (Lipinski definition) is 3. The molecule has 0 aromatic rings. The van der Waals surface area contributed by atoms with Gasteiger partial charge in [-0.3, -0.25) is 4.79 Å². The molecule has 4 heteroatoms. The highest BCUT2D eigenvalue weighted by molar-refractivity contribution is 5.74. The van der Waals surface area contributed by atoms with Gasteiger partial charge in [0, 0.05) is 19.4 Å². The van der Waals surface area contributed by atoms with E-state index in [-0.39, 0.29) is 5.91 Å². The number of fused-ring (bicyclic) bond motifs is 2. The molecule has 3 heterocycles. The molecular weight excluding hydrogens is 204 g/mol. The summed E-state index contributed by atoms with van der Waals surface area (Å²) in [5, 5.41) is 3.42. The van der Waals surface area contributed by atoms with E-state index < -0.39 is 0 Å². The van der Waals surface area contributed by atoms with Crippen molar-refractivity contribution in [2.24, 2.45) is 11.3 Å². The summed E-state index contributed by atoms with van der Waals surface area (Å²) in [6, 6.07) is 0.357. The van der Waals surface area contributed by atoms with Crippen molar-refractivity contribution in [3.8, 4) is 0 Å². The van der Waals surface area contributed by atoms with E-state index >= 15 is 0 Å². The summed E-state index contributed by atoms with van der Waals surface area (Å²) in [5.74, 6) is 0.800. The minimum Gasteiger partial charge on any atom is -0.379 e. The smallest absolute Gasteiger partial charge is 0.219 e. The zero-order chi connectivity index (χ0) is 11.2. The maximum Gasteiger partial charge on any atom is 0.219 e. The van der Waals surface area contributed by atoms with E-state index in [2.05, 4.69) is 10.2 Å². The number of nitrogens with one attached hydrogen (secondary N) is 1. The van der Waals surface area contributed by atoms with Gasteiger partial charge in [-0.2, -0.15) is 0 Å². The Morgan fingerprint density at radius 1 is 1.38 bits per heavy atom. The number of piperidine rings is 1. The van der Waals surface area contributed by atoms with Gasteiger partial charge in [-0.25, -0.2) is 0 Å². The van der Waals surface area contributed by atoms with Crippen LogP contribution in [-0.2, 0) is 9.53 Å². The minimum atomic E-state index is 0.218. The van der Waals surface area contributed by atoms with Gasteiger partial charge in [0.1, 0.15) is 0 Å². The van der Waals surface area contributed by atoms with Crippen molar-refractivity contribution in [2.45, 2.75) is 25.8 Å². The Morgan fingerprint density at radius 3 is 2.81 bits per heavy atom. The first-order chi connectivity index (χ1) is 7.73. The number of carbonyl (C=O) groups excluding carboxylic acids is 1. The SMILES string of the molecule is CC(=O)N1CC2(CCNCC2)[C@H]2COC[C@H]21. The average molecular weight is 224 g/mol. The summed E-state index contributed by atoms with van der Waals surface area (Å²) in [6.45, 7) is 6.44. The molecule has 3 fully saturated rings. The maximum atomic E-state index is 11.7. The fraction of sp³-hybridized carbons (Fsp3) is 0.917. The van der Waals surface area contributed by atoms with Gasteiger partial charge in [-0.05, 0) is 31.3 Å². The fourth-order valence-electron chi connectivity index (χ4n) is 3.81. The molecule has 3 rings (SSSR count). The second kappa shape index (κ2) is 3.70. The van der Waals surface area contributed by atoms with Gasteiger partial charge in [0.05, 0.1) is 19.3 Å². The van der Waals surface area contributed by atoms with Crippen molar-refractivity contribution in [3.05, 3.63) is 0 Å². The van der Waals surface area contributed by atoms with Crippen molar-refractivity contribution < 1.29 is 9.53 Å². The molecular formula is C12H20N2O2. The molecule has 1 N–H and O–H groups in total. The number of hydrogen-bond donors (Lipinski definition) is 1. The topological polar surface area (TPSA) is 41.6 Å². The maximum absolute atomic E-state index is 11.7. The van der Waals surface area contributed by atoms with Crippen LogP contribution < -0.4 is 5.32 Å². The second-order valence-electron chi connectivity index (χ2n) is 5.47. The van der Waals surface area contributed by atoms with E-state index in [1.54, 1.807) is 6.92 Å². The molecule has 0 aromatic carbocycles. The van der Waals surface area contributed by atoms with Crippen molar-refractivity contribution in [1.29, 1.82) is 0 Å². The normalized spacial score (nSPS) is 36.7. The Morgan fingerprint density at radius 2 is 2.12 bits per heavy atom. The summed E-state index contributed by atoms with van der Waals surface area (Å²) in [4.78, 5) is 13.7. The van der Waals surface area contributed by atoms with Crippen LogP contribution in [0, 0.1) is 11.3 Å². The van der Waals surface area contributed by atoms with E-state index in [0.717, 1.165) is 32.8 Å². The van der Waals surface area contributed by atoms with Crippen LogP contribution in [-0.4, -0.2) is 49.7 Å². The molecule has 0 saturated carbocycles. The first-order valence-electron chi connectivity index (χ1n) is 6.29. The van der Waals surface area contributed by atoms with Crippen molar-refractivity contribution in [3.63, 3.8) is 0 Å². The third-order valence-electron chi connectivity index (χ3n) is 4.73. The number of likely N-dealkylation sites (tertiary alicyclic amines) is 1. The second-order valence-corrected chi connectivity index (χ2v) is 5.47. The lowest BCUT2D eigenvalue weighted by Crippen LogP contribution is -2.43. The zero-order valence-corrected chi connectivity index (χ0v) is 9.87. The Balaban J connectivity index is 1.87. The summed E-state index contributed by atoms with van der Waals surface area (Å²) < 4.78 is 5.61. The molecule has 1 spiro atoms. The first kappa shape index (κ1) is 10.5. The predicted molar refractivity (Wildman–Crippen MR) is 60.0 cm³/mol. The van der Waals surface area contributed by atoms with E-state index in [0.29, 0.717) is 17.4 Å². The summed E-state index contributed by atoms with van der Waals surface area (Å²) in [5.41, 5.74) is 0.345. The Hall–Kier alpha value is -0.610. The van der Waals surface area contributed by atoms with Crippen LogP contribution in [0.25, 0.3) is 0 Å². The van der Waals surface area contributed by atoms with Gasteiger partial charge < -0.3 is 15.0 Å². The molecule has 2 atom stereocenters. The van der Waals surface area contributed by atoms with Gasteiger partial charge in [0.2, 0.25) is 5.91 Å². The molecule has 4 nitrogen and oxygen atoms in total. The molecule has 0 radical (unpaired) electrons. The fourth-order valence-corrected chi connectivity index (χ4v) is 3.81. The summed E-state index contributed by atoms with van der Waals surface area (Å²) in [7, 11) is 0. The van der Waals surface area contributed by atoms with Crippen LogP contribution in [0.5, 0.6) is 0 Å². The average Bonchev–Trinajstić information content (AvgIpc) is 2.84. The summed E-state index contributed by atoms with van der Waals surface area (Å²) >= 11 is 0. The van der Waals surface area contributed by atoms with E-state index in [1.807, 2.05) is 0 Å². The number of ether oxygens (including phenoxy) is 1. The van der Waals surface area contributed by atoms with Gasteiger partial charge in [-0.1, -0.05) is 0 Å². The third-order valence-corrected chi connectivity index (χ3v) is 4.73. The van der Waals surface area contributed by atoms with Crippen molar-refractivity contribution >= 4 is 5.91 Å². The Labute approximate surface area is 96.3 Å². The highest BCUT2D eigenvalue weighted by atomic mass is 16.5. The van der Waals surface area contributed by atoms with E-state index in [9.17, 15) is 4.79 Å². The van der Waals surface area contributed by atoms with Crippen LogP contribution in [0.2, 0.25) is 0 Å². The number of amides is 1. The molecule has 1 amide bonds. The molecule has 3 aliphatic heterocycles. The molecule has 0 aliphatic carbocycles. The molecule has 90 valence electrons. The number of rotatable bonds is 0. The number of carbonyl (C=O) groups is 1. The van der Waals surface area contributed by atoms with Crippen molar-refractivity contribution in [1.82, 2.24) is 10.2 Å². The standard InChI is InChI=1S/C12H20N2O2/c1-9(15)14-8-12(2-4-13-5-3-12)10-6-16-7-11(10)14/h10-11,13H,2-8H2,1H3/t10-,11+/m0/s1. The van der Waals surface area contributed by atoms with Crippen LogP contribution >= 0.6 is 0 Å². The highest BCUT2D eigenvalue weighted by Gasteiger charge is 2.55. The monoisotopic (exact) mass is 224 g/mol. The zero-order valence-electron chi connectivity index (χ0n) is 9.87. The van der Waals surface area contributed by atoms with Gasteiger partial charge >= 0.3 is 0 Å². The molecule has 0 unspecified atom stereocenters. The largest absolute Gasteiger partial charge is 0.379 e. The Bertz CT molecular complexity index is 299. The molecule has 3 aliphatic rings. The van der Waals surface area contributed by atoms with Gasteiger partial charge in [0.25, 0.3) is 0 Å². The predicted octanol–water partition coefficient (Wildman–Crippen LogP) is 0.233. The van der Waals surface area contributed by atoms with Crippen LogP contribution in [0.3, 0.4) is 0 Å². The number of nitrogens with zero attached hydrogens (tertiary/aromatic N) is 1. The highest BCUT2D eigenvalue weighted by Crippen LogP contribution is 2.49. The van der Waals surface area contributed by atoms with Gasteiger partial charge in [-0.15, -0.1) is 0 Å². The van der Waals surface area contributed by atoms with Crippen LogP contribution in [0.4, 0.5) is 0 Å². The lowest BCUT2D eigenvalue weighted by atomic mass is 9.70. The molecule has 3 saturated heterocycles. The lowest BCUT2D eigenvalue weighted by Gasteiger charge is -2.37. The minimum absolute atomic E-state index is 0.218. The summed E-state index contributed by atoms with van der Waals surface area (Å²) in [6.07, 6.45) is 2.39. The van der Waals surface area contributed by atoms with E-state index in [1.165, 1.54) is 12.8 Å². The van der Waals surface area contributed by atoms with Crippen molar-refractivity contribution in [2.75, 3.05) is 32.8 Å². The molecule has 16 heavy (non-hydrogen) atoms. The molecule has 0 aromatic heterocycles. The van der Waals surface area contributed by atoms with Crippen LogP contribution in [0.15, 0.2) is 0 Å². The van der Waals surface area contributed by atoms with Gasteiger partial charge in [0.15, 0.2) is 0 Å².